The molecule has 0 spiro atoms. The van der Waals surface area contributed by atoms with Crippen LogP contribution in [-0.2, 0) is 9.53 Å². The minimum absolute atomic E-state index is 0.0849. The van der Waals surface area contributed by atoms with E-state index in [2.05, 4.69) is 16.6 Å². The second-order valence-corrected chi connectivity index (χ2v) is 2.90. The van der Waals surface area contributed by atoms with E-state index in [0.717, 1.165) is 0 Å². The van der Waals surface area contributed by atoms with Crippen LogP contribution in [0.5, 0.6) is 0 Å². The Morgan fingerprint density at radius 1 is 1.62 bits per heavy atom. The smallest absolute Gasteiger partial charge is 0.408 e. The molecule has 0 saturated heterocycles. The fourth-order valence-corrected chi connectivity index (χ4v) is 0.883. The Morgan fingerprint density at radius 2 is 2.23 bits per heavy atom. The van der Waals surface area contributed by atoms with Gasteiger partial charge in [0.05, 0.1) is 0 Å². The molecule has 72 valence electrons. The number of alkyl carbamates (subject to hydrolysis) is 1. The number of carbonyl (C=O) groups is 2. The summed E-state index contributed by atoms with van der Waals surface area (Å²) in [6, 6.07) is 0. The van der Waals surface area contributed by atoms with Crippen LogP contribution in [0.25, 0.3) is 0 Å². The molecular weight excluding hydrogens is 174 g/mol. The van der Waals surface area contributed by atoms with Crippen molar-refractivity contribution in [3.8, 4) is 0 Å². The third kappa shape index (κ3) is 2.21. The van der Waals surface area contributed by atoms with Crippen LogP contribution in [0.4, 0.5) is 4.79 Å². The Bertz CT molecular complexity index is 245. The molecule has 13 heavy (non-hydrogen) atoms. The maximum absolute atomic E-state index is 10.9. The molecule has 1 saturated carbocycles. The molecule has 5 heteroatoms. The van der Waals surface area contributed by atoms with E-state index in [-0.39, 0.29) is 6.61 Å². The first-order valence-corrected chi connectivity index (χ1v) is 3.90. The molecule has 1 amide bonds. The lowest BCUT2D eigenvalue weighted by atomic mass is 10.3. The average Bonchev–Trinajstić information content (AvgIpc) is 2.82. The lowest BCUT2D eigenvalue weighted by Crippen LogP contribution is -2.43. The number of hydrogen-bond donors (Lipinski definition) is 2. The maximum atomic E-state index is 10.9. The van der Waals surface area contributed by atoms with E-state index in [0.29, 0.717) is 12.8 Å². The summed E-state index contributed by atoms with van der Waals surface area (Å²) in [6.07, 6.45) is 1.64. The van der Waals surface area contributed by atoms with Crippen molar-refractivity contribution in [3.63, 3.8) is 0 Å². The molecule has 2 N–H and O–H groups in total. The van der Waals surface area contributed by atoms with Crippen LogP contribution in [-0.4, -0.2) is 29.3 Å². The van der Waals surface area contributed by atoms with E-state index < -0.39 is 17.6 Å². The molecule has 5 nitrogen and oxygen atoms in total. The summed E-state index contributed by atoms with van der Waals surface area (Å²) in [5.41, 5.74) is -1.07. The number of amides is 1. The van der Waals surface area contributed by atoms with Crippen molar-refractivity contribution in [2.75, 3.05) is 6.61 Å². The van der Waals surface area contributed by atoms with Gasteiger partial charge in [-0.3, -0.25) is 0 Å². The highest BCUT2D eigenvalue weighted by molar-refractivity contribution is 5.87. The average molecular weight is 185 g/mol. The van der Waals surface area contributed by atoms with Gasteiger partial charge < -0.3 is 15.2 Å². The van der Waals surface area contributed by atoms with Crippen LogP contribution in [0.2, 0.25) is 0 Å². The van der Waals surface area contributed by atoms with Crippen LogP contribution < -0.4 is 5.32 Å². The summed E-state index contributed by atoms with van der Waals surface area (Å²) in [4.78, 5) is 21.5. The molecule has 1 fully saturated rings. The Kier molecular flexibility index (Phi) is 2.55. The van der Waals surface area contributed by atoms with Crippen molar-refractivity contribution in [1.29, 1.82) is 0 Å². The molecule has 1 aliphatic rings. The Balaban J connectivity index is 2.36. The first-order chi connectivity index (χ1) is 6.10. The summed E-state index contributed by atoms with van der Waals surface area (Å²) in [7, 11) is 0. The summed E-state index contributed by atoms with van der Waals surface area (Å²) in [5, 5.41) is 11.0. The van der Waals surface area contributed by atoms with Crippen molar-refractivity contribution >= 4 is 12.1 Å². The number of carboxylic acids is 1. The molecule has 0 radical (unpaired) electrons. The van der Waals surface area contributed by atoms with Gasteiger partial charge in [-0.2, -0.15) is 0 Å². The monoisotopic (exact) mass is 185 g/mol. The topological polar surface area (TPSA) is 75.6 Å². The predicted octanol–water partition coefficient (Wildman–Crippen LogP) is 0.516. The van der Waals surface area contributed by atoms with Gasteiger partial charge in [-0.25, -0.2) is 9.59 Å². The van der Waals surface area contributed by atoms with Crippen molar-refractivity contribution < 1.29 is 19.4 Å². The Hall–Kier alpha value is -1.52. The summed E-state index contributed by atoms with van der Waals surface area (Å²) >= 11 is 0. The van der Waals surface area contributed by atoms with E-state index in [1.54, 1.807) is 0 Å². The largest absolute Gasteiger partial charge is 0.480 e. The van der Waals surface area contributed by atoms with Gasteiger partial charge in [-0.05, 0) is 12.8 Å². The quantitative estimate of drug-likeness (QED) is 0.626. The maximum Gasteiger partial charge on any atom is 0.408 e. The zero-order valence-electron chi connectivity index (χ0n) is 7.08. The number of ether oxygens (including phenoxy) is 1. The highest BCUT2D eigenvalue weighted by Crippen LogP contribution is 2.35. The van der Waals surface area contributed by atoms with Gasteiger partial charge in [-0.1, -0.05) is 12.7 Å². The van der Waals surface area contributed by atoms with Gasteiger partial charge >= 0.3 is 12.1 Å². The van der Waals surface area contributed by atoms with Crippen molar-refractivity contribution in [3.05, 3.63) is 12.7 Å². The molecule has 0 atom stereocenters. The molecule has 0 aromatic heterocycles. The molecule has 1 aliphatic carbocycles. The third-order valence-corrected chi connectivity index (χ3v) is 1.83. The van der Waals surface area contributed by atoms with Crippen LogP contribution >= 0.6 is 0 Å². The van der Waals surface area contributed by atoms with Crippen molar-refractivity contribution in [2.45, 2.75) is 18.4 Å². The van der Waals surface area contributed by atoms with E-state index in [9.17, 15) is 9.59 Å². The van der Waals surface area contributed by atoms with Crippen molar-refractivity contribution in [1.82, 2.24) is 5.32 Å². The number of carboxylic acid groups (broad SMARTS) is 1. The Labute approximate surface area is 75.4 Å². The number of hydrogen-bond acceptors (Lipinski definition) is 3. The molecule has 0 aromatic rings. The second-order valence-electron chi connectivity index (χ2n) is 2.90. The summed E-state index contributed by atoms with van der Waals surface area (Å²) in [6.45, 7) is 3.44. The molecule has 0 bridgehead atoms. The van der Waals surface area contributed by atoms with Gasteiger partial charge in [-0.15, -0.1) is 0 Å². The lowest BCUT2D eigenvalue weighted by molar-refractivity contribution is -0.140. The lowest BCUT2D eigenvalue weighted by Gasteiger charge is -2.11. The first kappa shape index (κ1) is 9.57. The molecular formula is C8H11NO4. The van der Waals surface area contributed by atoms with Crippen LogP contribution in [0.15, 0.2) is 12.7 Å². The zero-order valence-corrected chi connectivity index (χ0v) is 7.08. The Morgan fingerprint density at radius 3 is 2.62 bits per heavy atom. The third-order valence-electron chi connectivity index (χ3n) is 1.83. The fraction of sp³-hybridized carbons (Fsp3) is 0.500. The molecule has 0 unspecified atom stereocenters. The normalized spacial score (nSPS) is 17.2. The van der Waals surface area contributed by atoms with Gasteiger partial charge in [0.25, 0.3) is 0 Å². The number of aliphatic carboxylic acids is 1. The van der Waals surface area contributed by atoms with Gasteiger partial charge in [0.15, 0.2) is 0 Å². The van der Waals surface area contributed by atoms with Crippen molar-refractivity contribution in [2.24, 2.45) is 0 Å². The van der Waals surface area contributed by atoms with E-state index in [4.69, 9.17) is 5.11 Å². The standard InChI is InChI=1S/C8H11NO4/c1-2-5-13-7(12)9-8(3-4-8)6(10)11/h2H,1,3-5H2,(H,9,12)(H,10,11). The minimum Gasteiger partial charge on any atom is -0.480 e. The summed E-state index contributed by atoms with van der Waals surface area (Å²) < 4.78 is 4.59. The number of carbonyl (C=O) groups excluding carboxylic acids is 1. The highest BCUT2D eigenvalue weighted by Gasteiger charge is 2.52. The van der Waals surface area contributed by atoms with E-state index >= 15 is 0 Å². The van der Waals surface area contributed by atoms with Gasteiger partial charge in [0.1, 0.15) is 12.1 Å². The number of nitrogens with one attached hydrogen (secondary N) is 1. The van der Waals surface area contributed by atoms with E-state index in [1.165, 1.54) is 6.08 Å². The van der Waals surface area contributed by atoms with Crippen LogP contribution in [0.1, 0.15) is 12.8 Å². The predicted molar refractivity (Wildman–Crippen MR) is 44.3 cm³/mol. The van der Waals surface area contributed by atoms with Crippen LogP contribution in [0.3, 0.4) is 0 Å². The first-order valence-electron chi connectivity index (χ1n) is 3.90. The fourth-order valence-electron chi connectivity index (χ4n) is 0.883. The second kappa shape index (κ2) is 3.47. The van der Waals surface area contributed by atoms with Crippen LogP contribution in [0, 0.1) is 0 Å². The molecule has 0 heterocycles. The SMILES string of the molecule is C=CCOC(=O)NC1(C(=O)O)CC1. The molecule has 0 aromatic carbocycles. The zero-order chi connectivity index (χ0) is 9.90. The molecule has 1 rings (SSSR count). The number of rotatable bonds is 4. The summed E-state index contributed by atoms with van der Waals surface area (Å²) in [5.74, 6) is -1.01. The van der Waals surface area contributed by atoms with Gasteiger partial charge in [0, 0.05) is 0 Å². The highest BCUT2D eigenvalue weighted by atomic mass is 16.5. The minimum atomic E-state index is -1.07. The van der Waals surface area contributed by atoms with Gasteiger partial charge in [0.2, 0.25) is 0 Å². The van der Waals surface area contributed by atoms with E-state index in [1.807, 2.05) is 0 Å². The molecule has 0 aliphatic heterocycles.